The highest BCUT2D eigenvalue weighted by Gasteiger charge is 2.21. The van der Waals surface area contributed by atoms with Crippen LogP contribution in [0.15, 0.2) is 17.3 Å². The van der Waals surface area contributed by atoms with Crippen molar-refractivity contribution in [3.8, 4) is 0 Å². The molecular weight excluding hydrogens is 338 g/mol. The number of hydrogen-bond donors (Lipinski definition) is 3. The van der Waals surface area contributed by atoms with Crippen LogP contribution in [-0.2, 0) is 4.79 Å². The second-order valence-electron chi connectivity index (χ2n) is 6.28. The number of carbonyl (C=O) groups excluding carboxylic acids is 2. The fourth-order valence-corrected chi connectivity index (χ4v) is 2.66. The largest absolute Gasteiger partial charge is 0.333 e. The molecule has 1 atom stereocenters. The van der Waals surface area contributed by atoms with E-state index in [-0.39, 0.29) is 5.52 Å². The van der Waals surface area contributed by atoms with Crippen LogP contribution >= 0.6 is 11.8 Å². The Morgan fingerprint density at radius 2 is 1.88 bits per heavy atom. The highest BCUT2D eigenvalue weighted by Crippen LogP contribution is 2.24. The smallest absolute Gasteiger partial charge is 0.321 e. The fourth-order valence-electron chi connectivity index (χ4n) is 1.84. The Kier molecular flexibility index (Phi) is 5.12. The Labute approximate surface area is 141 Å². The van der Waals surface area contributed by atoms with E-state index in [0.29, 0.717) is 10.7 Å². The Bertz CT molecular complexity index is 747. The molecule has 2 rings (SSSR count). The second kappa shape index (κ2) is 6.76. The molecule has 1 unspecified atom stereocenters. The first-order chi connectivity index (χ1) is 11.0. The summed E-state index contributed by atoms with van der Waals surface area (Å²) >= 11 is 1.05. The zero-order valence-corrected chi connectivity index (χ0v) is 14.5. The van der Waals surface area contributed by atoms with E-state index < -0.39 is 34.4 Å². The summed E-state index contributed by atoms with van der Waals surface area (Å²) in [5.41, 5.74) is 0.122. The molecule has 6 nitrogen and oxygen atoms in total. The third-order valence-corrected chi connectivity index (χ3v) is 3.87. The molecule has 0 aliphatic carbocycles. The number of aromatic nitrogens is 2. The van der Waals surface area contributed by atoms with Crippen molar-refractivity contribution in [3.05, 3.63) is 23.8 Å². The summed E-state index contributed by atoms with van der Waals surface area (Å²) in [4.78, 5) is 30.6. The van der Waals surface area contributed by atoms with Gasteiger partial charge in [0.25, 0.3) is 0 Å². The summed E-state index contributed by atoms with van der Waals surface area (Å²) in [6.45, 7) is 6.98. The van der Waals surface area contributed by atoms with Crippen LogP contribution in [0.4, 0.5) is 13.6 Å². The second-order valence-corrected chi connectivity index (χ2v) is 7.61. The van der Waals surface area contributed by atoms with Crippen molar-refractivity contribution < 1.29 is 18.4 Å². The Morgan fingerprint density at radius 3 is 2.50 bits per heavy atom. The van der Waals surface area contributed by atoms with Gasteiger partial charge < -0.3 is 10.3 Å². The monoisotopic (exact) mass is 356 g/mol. The molecule has 1 aromatic carbocycles. The van der Waals surface area contributed by atoms with Gasteiger partial charge in [-0.1, -0.05) is 11.8 Å². The van der Waals surface area contributed by atoms with E-state index in [0.717, 1.165) is 23.9 Å². The zero-order valence-electron chi connectivity index (χ0n) is 13.7. The van der Waals surface area contributed by atoms with Crippen LogP contribution in [0.3, 0.4) is 0 Å². The number of rotatable bonds is 3. The summed E-state index contributed by atoms with van der Waals surface area (Å²) in [5, 5.41) is 4.55. The van der Waals surface area contributed by atoms with E-state index in [2.05, 4.69) is 20.6 Å². The zero-order chi connectivity index (χ0) is 18.1. The molecule has 3 N–H and O–H groups in total. The van der Waals surface area contributed by atoms with Crippen molar-refractivity contribution in [1.29, 1.82) is 0 Å². The lowest BCUT2D eigenvalue weighted by Crippen LogP contribution is -2.49. The topological polar surface area (TPSA) is 86.9 Å². The molecule has 24 heavy (non-hydrogen) atoms. The van der Waals surface area contributed by atoms with E-state index in [1.54, 1.807) is 27.7 Å². The number of carbonyl (C=O) groups is 2. The lowest BCUT2D eigenvalue weighted by molar-refractivity contribution is -0.119. The van der Waals surface area contributed by atoms with E-state index in [4.69, 9.17) is 0 Å². The summed E-state index contributed by atoms with van der Waals surface area (Å²) in [6, 6.07) is 1.39. The lowest BCUT2D eigenvalue weighted by atomic mass is 10.1. The van der Waals surface area contributed by atoms with Crippen LogP contribution < -0.4 is 10.6 Å². The van der Waals surface area contributed by atoms with Crippen molar-refractivity contribution in [2.45, 2.75) is 43.6 Å². The van der Waals surface area contributed by atoms with Crippen LogP contribution in [0.2, 0.25) is 0 Å². The minimum atomic E-state index is -0.991. The first-order valence-electron chi connectivity index (χ1n) is 7.19. The van der Waals surface area contributed by atoms with Gasteiger partial charge in [-0.25, -0.2) is 18.6 Å². The van der Waals surface area contributed by atoms with Crippen molar-refractivity contribution >= 4 is 34.7 Å². The summed E-state index contributed by atoms with van der Waals surface area (Å²) in [5.74, 6) is -2.47. The van der Waals surface area contributed by atoms with Crippen LogP contribution in [0.1, 0.15) is 27.7 Å². The number of amides is 3. The molecule has 2 aromatic rings. The van der Waals surface area contributed by atoms with Gasteiger partial charge in [-0.2, -0.15) is 0 Å². The molecule has 0 saturated heterocycles. The SMILES string of the molecule is CC(Sc1nc2cc(F)c(F)cc2[nH]1)C(=O)NC(=O)NC(C)(C)C. The molecule has 0 aliphatic rings. The first-order valence-corrected chi connectivity index (χ1v) is 8.07. The molecule has 0 radical (unpaired) electrons. The molecule has 3 amide bonds. The summed E-state index contributed by atoms with van der Waals surface area (Å²) in [6.07, 6.45) is 0. The van der Waals surface area contributed by atoms with Crippen LogP contribution in [0.5, 0.6) is 0 Å². The van der Waals surface area contributed by atoms with Crippen LogP contribution in [0.25, 0.3) is 11.0 Å². The normalized spacial score (nSPS) is 12.9. The Balaban J connectivity index is 2.02. The predicted octanol–water partition coefficient (Wildman–Crippen LogP) is 2.95. The first kappa shape index (κ1) is 18.2. The number of nitrogens with zero attached hydrogens (tertiary/aromatic N) is 1. The maximum absolute atomic E-state index is 13.2. The molecule has 1 aromatic heterocycles. The quantitative estimate of drug-likeness (QED) is 0.738. The van der Waals surface area contributed by atoms with Gasteiger partial charge in [-0.3, -0.25) is 10.1 Å². The number of imide groups is 1. The van der Waals surface area contributed by atoms with Crippen molar-refractivity contribution in [3.63, 3.8) is 0 Å². The maximum atomic E-state index is 13.2. The number of halogens is 2. The molecule has 130 valence electrons. The van der Waals surface area contributed by atoms with E-state index in [1.807, 2.05) is 0 Å². The number of thioether (sulfide) groups is 1. The minimum Gasteiger partial charge on any atom is -0.333 e. The molecule has 0 bridgehead atoms. The number of H-pyrrole nitrogens is 1. The van der Waals surface area contributed by atoms with Crippen LogP contribution in [-0.4, -0.2) is 32.7 Å². The third-order valence-electron chi connectivity index (χ3n) is 2.89. The number of nitrogens with one attached hydrogen (secondary N) is 3. The van der Waals surface area contributed by atoms with Gasteiger partial charge >= 0.3 is 6.03 Å². The molecule has 0 saturated carbocycles. The van der Waals surface area contributed by atoms with Gasteiger partial charge in [0.15, 0.2) is 16.8 Å². The van der Waals surface area contributed by atoms with Gasteiger partial charge in [0, 0.05) is 17.7 Å². The number of benzene rings is 1. The average Bonchev–Trinajstić information content (AvgIpc) is 2.78. The number of urea groups is 1. The third kappa shape index (κ3) is 4.67. The van der Waals surface area contributed by atoms with Crippen LogP contribution in [0, 0.1) is 11.6 Å². The van der Waals surface area contributed by atoms with E-state index >= 15 is 0 Å². The van der Waals surface area contributed by atoms with E-state index in [9.17, 15) is 18.4 Å². The molecule has 0 fully saturated rings. The van der Waals surface area contributed by atoms with Gasteiger partial charge in [0.05, 0.1) is 16.3 Å². The van der Waals surface area contributed by atoms with Crippen molar-refractivity contribution in [2.24, 2.45) is 0 Å². The molecule has 0 aliphatic heterocycles. The number of fused-ring (bicyclic) bond motifs is 1. The Morgan fingerprint density at radius 1 is 1.25 bits per heavy atom. The lowest BCUT2D eigenvalue weighted by Gasteiger charge is -2.21. The summed E-state index contributed by atoms with van der Waals surface area (Å²) in [7, 11) is 0. The van der Waals surface area contributed by atoms with Gasteiger partial charge in [-0.15, -0.1) is 0 Å². The van der Waals surface area contributed by atoms with Crippen molar-refractivity contribution in [2.75, 3.05) is 0 Å². The number of aromatic amines is 1. The standard InChI is InChI=1S/C15H18F2N4O2S/c1-7(12(22)20-13(23)21-15(2,3)4)24-14-18-10-5-8(16)9(17)6-11(10)19-14/h5-7H,1-4H3,(H,18,19)(H2,20,21,22,23). The molecule has 9 heteroatoms. The average molecular weight is 356 g/mol. The highest BCUT2D eigenvalue weighted by atomic mass is 32.2. The maximum Gasteiger partial charge on any atom is 0.321 e. The summed E-state index contributed by atoms with van der Waals surface area (Å²) < 4.78 is 26.4. The molecule has 0 spiro atoms. The minimum absolute atomic E-state index is 0.259. The fraction of sp³-hybridized carbons (Fsp3) is 0.400. The molecule has 1 heterocycles. The van der Waals surface area contributed by atoms with E-state index in [1.165, 1.54) is 0 Å². The number of hydrogen-bond acceptors (Lipinski definition) is 4. The number of imidazole rings is 1. The Hall–Kier alpha value is -2.16. The van der Waals surface area contributed by atoms with Gasteiger partial charge in [0.1, 0.15) is 0 Å². The van der Waals surface area contributed by atoms with Crippen molar-refractivity contribution in [1.82, 2.24) is 20.6 Å². The highest BCUT2D eigenvalue weighted by molar-refractivity contribution is 8.00. The molecular formula is C15H18F2N4O2S. The predicted molar refractivity (Wildman–Crippen MR) is 87.8 cm³/mol. The van der Waals surface area contributed by atoms with Gasteiger partial charge in [0.2, 0.25) is 5.91 Å². The van der Waals surface area contributed by atoms with Gasteiger partial charge in [-0.05, 0) is 27.7 Å².